The summed E-state index contributed by atoms with van der Waals surface area (Å²) in [5.41, 5.74) is 0. The van der Waals surface area contributed by atoms with Crippen LogP contribution in [0.3, 0.4) is 0 Å². The number of likely N-dealkylation sites (tertiary alicyclic amines) is 1. The van der Waals surface area contributed by atoms with Gasteiger partial charge in [0.05, 0.1) is 6.10 Å². The summed E-state index contributed by atoms with van der Waals surface area (Å²) in [6.45, 7) is 4.85. The van der Waals surface area contributed by atoms with Crippen molar-refractivity contribution in [3.05, 3.63) is 12.2 Å². The first-order chi connectivity index (χ1) is 7.26. The van der Waals surface area contributed by atoms with Gasteiger partial charge in [-0.3, -0.25) is 9.69 Å². The largest absolute Gasteiger partial charge is 0.380 e. The molecule has 1 rings (SSSR count). The summed E-state index contributed by atoms with van der Waals surface area (Å²) in [5.74, 6) is 0.204. The summed E-state index contributed by atoms with van der Waals surface area (Å²) in [5, 5.41) is 0. The van der Waals surface area contributed by atoms with Gasteiger partial charge in [-0.15, -0.1) is 0 Å². The molecule has 15 heavy (non-hydrogen) atoms. The first-order valence-electron chi connectivity index (χ1n) is 5.70. The number of ether oxygens (including phenoxy) is 1. The van der Waals surface area contributed by atoms with E-state index in [0.29, 0.717) is 12.5 Å². The zero-order chi connectivity index (χ0) is 11.1. The van der Waals surface area contributed by atoms with E-state index in [1.165, 1.54) is 6.42 Å². The molecule has 1 heterocycles. The lowest BCUT2D eigenvalue weighted by molar-refractivity contribution is -0.114. The Bertz CT molecular complexity index is 226. The normalized spacial score (nSPS) is 23.5. The number of rotatable bonds is 5. The van der Waals surface area contributed by atoms with E-state index >= 15 is 0 Å². The molecule has 1 saturated heterocycles. The Morgan fingerprint density at radius 2 is 2.40 bits per heavy atom. The third-order valence-electron chi connectivity index (χ3n) is 2.81. The zero-order valence-corrected chi connectivity index (χ0v) is 9.74. The lowest BCUT2D eigenvalue weighted by Gasteiger charge is -2.30. The van der Waals surface area contributed by atoms with Crippen LogP contribution in [0.4, 0.5) is 0 Å². The van der Waals surface area contributed by atoms with E-state index in [-0.39, 0.29) is 5.78 Å². The van der Waals surface area contributed by atoms with Gasteiger partial charge in [0.25, 0.3) is 0 Å². The van der Waals surface area contributed by atoms with Crippen molar-refractivity contribution in [2.45, 2.75) is 32.3 Å². The van der Waals surface area contributed by atoms with Gasteiger partial charge in [-0.25, -0.2) is 0 Å². The minimum atomic E-state index is 0.204. The van der Waals surface area contributed by atoms with E-state index in [0.717, 1.165) is 26.1 Å². The summed E-state index contributed by atoms with van der Waals surface area (Å²) < 4.78 is 5.34. The molecule has 0 aliphatic carbocycles. The van der Waals surface area contributed by atoms with Crippen LogP contribution in [0.15, 0.2) is 12.2 Å². The number of ketones is 1. The molecule has 1 fully saturated rings. The summed E-state index contributed by atoms with van der Waals surface area (Å²) >= 11 is 0. The van der Waals surface area contributed by atoms with E-state index in [1.807, 2.05) is 13.0 Å². The smallest absolute Gasteiger partial charge is 0.155 e. The van der Waals surface area contributed by atoms with Crippen molar-refractivity contribution in [3.63, 3.8) is 0 Å². The number of carbonyl (C=O) groups excluding carboxylic acids is 1. The SMILES string of the molecule is CCC(=O)/C=C/CN1CCCC(OC)C1. The van der Waals surface area contributed by atoms with Gasteiger partial charge in [0.15, 0.2) is 5.78 Å². The van der Waals surface area contributed by atoms with E-state index in [4.69, 9.17) is 4.74 Å². The highest BCUT2D eigenvalue weighted by atomic mass is 16.5. The van der Waals surface area contributed by atoms with Crippen LogP contribution in [0.25, 0.3) is 0 Å². The van der Waals surface area contributed by atoms with Crippen molar-refractivity contribution in [2.24, 2.45) is 0 Å². The van der Waals surface area contributed by atoms with Crippen LogP contribution in [0, 0.1) is 0 Å². The maximum Gasteiger partial charge on any atom is 0.155 e. The molecule has 0 bridgehead atoms. The third kappa shape index (κ3) is 4.58. The van der Waals surface area contributed by atoms with Gasteiger partial charge >= 0.3 is 0 Å². The second kappa shape index (κ2) is 6.75. The molecule has 0 radical (unpaired) electrons. The molecule has 0 saturated carbocycles. The van der Waals surface area contributed by atoms with Gasteiger partial charge in [-0.1, -0.05) is 13.0 Å². The highest BCUT2D eigenvalue weighted by molar-refractivity contribution is 5.89. The van der Waals surface area contributed by atoms with E-state index in [1.54, 1.807) is 13.2 Å². The summed E-state index contributed by atoms with van der Waals surface area (Å²) in [6, 6.07) is 0. The Morgan fingerprint density at radius 1 is 1.60 bits per heavy atom. The van der Waals surface area contributed by atoms with Crippen LogP contribution in [0.2, 0.25) is 0 Å². The number of hydrogen-bond acceptors (Lipinski definition) is 3. The van der Waals surface area contributed by atoms with Crippen molar-refractivity contribution in [3.8, 4) is 0 Å². The maximum atomic E-state index is 11.0. The Labute approximate surface area is 92.1 Å². The summed E-state index contributed by atoms with van der Waals surface area (Å²) in [4.78, 5) is 13.4. The highest BCUT2D eigenvalue weighted by Gasteiger charge is 2.17. The Balaban J connectivity index is 2.26. The Hall–Kier alpha value is -0.670. The van der Waals surface area contributed by atoms with Crippen LogP contribution in [0.1, 0.15) is 26.2 Å². The number of hydrogen-bond donors (Lipinski definition) is 0. The maximum absolute atomic E-state index is 11.0. The van der Waals surface area contributed by atoms with Crippen LogP contribution in [0.5, 0.6) is 0 Å². The fourth-order valence-electron chi connectivity index (χ4n) is 1.82. The first-order valence-corrected chi connectivity index (χ1v) is 5.70. The number of nitrogens with zero attached hydrogens (tertiary/aromatic N) is 1. The minimum absolute atomic E-state index is 0.204. The third-order valence-corrected chi connectivity index (χ3v) is 2.81. The standard InChI is InChI=1S/C12H21NO2/c1-3-11(14)6-4-8-13-9-5-7-12(10-13)15-2/h4,6,12H,3,5,7-10H2,1-2H3/b6-4+. The zero-order valence-electron chi connectivity index (χ0n) is 9.74. The van der Waals surface area contributed by atoms with Crippen molar-refractivity contribution in [1.29, 1.82) is 0 Å². The number of carbonyl (C=O) groups is 1. The molecule has 3 nitrogen and oxygen atoms in total. The average Bonchev–Trinajstić information content (AvgIpc) is 2.29. The van der Waals surface area contributed by atoms with Crippen molar-refractivity contribution >= 4 is 5.78 Å². The number of allylic oxidation sites excluding steroid dienone is 1. The monoisotopic (exact) mass is 211 g/mol. The van der Waals surface area contributed by atoms with Crippen molar-refractivity contribution < 1.29 is 9.53 Å². The second-order valence-electron chi connectivity index (χ2n) is 3.98. The molecule has 0 aromatic heterocycles. The number of piperidine rings is 1. The predicted molar refractivity (Wildman–Crippen MR) is 60.9 cm³/mol. The molecule has 0 aromatic rings. The molecule has 1 unspecified atom stereocenters. The summed E-state index contributed by atoms with van der Waals surface area (Å²) in [6.07, 6.45) is 6.96. The molecule has 1 atom stereocenters. The second-order valence-corrected chi connectivity index (χ2v) is 3.98. The lowest BCUT2D eigenvalue weighted by Crippen LogP contribution is -2.39. The van der Waals surface area contributed by atoms with Crippen LogP contribution in [-0.4, -0.2) is 43.5 Å². The van der Waals surface area contributed by atoms with E-state index < -0.39 is 0 Å². The minimum Gasteiger partial charge on any atom is -0.380 e. The molecule has 0 N–H and O–H groups in total. The van der Waals surface area contributed by atoms with Gasteiger partial charge in [0, 0.05) is 26.6 Å². The van der Waals surface area contributed by atoms with Crippen molar-refractivity contribution in [1.82, 2.24) is 4.90 Å². The number of methoxy groups -OCH3 is 1. The summed E-state index contributed by atoms with van der Waals surface area (Å²) in [7, 11) is 1.77. The fourth-order valence-corrected chi connectivity index (χ4v) is 1.82. The van der Waals surface area contributed by atoms with Gasteiger partial charge in [-0.05, 0) is 25.5 Å². The molecular weight excluding hydrogens is 190 g/mol. The quantitative estimate of drug-likeness (QED) is 0.647. The van der Waals surface area contributed by atoms with Crippen LogP contribution < -0.4 is 0 Å². The average molecular weight is 211 g/mol. The van der Waals surface area contributed by atoms with Crippen LogP contribution >= 0.6 is 0 Å². The fraction of sp³-hybridized carbons (Fsp3) is 0.750. The molecule has 0 aromatic carbocycles. The first kappa shape index (κ1) is 12.4. The van der Waals surface area contributed by atoms with E-state index in [9.17, 15) is 4.79 Å². The van der Waals surface area contributed by atoms with Gasteiger partial charge < -0.3 is 4.74 Å². The van der Waals surface area contributed by atoms with Gasteiger partial charge in [0.2, 0.25) is 0 Å². The Kier molecular flexibility index (Phi) is 5.58. The molecule has 1 aliphatic heterocycles. The highest BCUT2D eigenvalue weighted by Crippen LogP contribution is 2.11. The Morgan fingerprint density at radius 3 is 3.07 bits per heavy atom. The van der Waals surface area contributed by atoms with Gasteiger partial charge in [0.1, 0.15) is 0 Å². The molecule has 0 amide bonds. The predicted octanol–water partition coefficient (Wildman–Crippen LogP) is 1.63. The molecular formula is C12H21NO2. The molecule has 3 heteroatoms. The molecule has 86 valence electrons. The van der Waals surface area contributed by atoms with Crippen LogP contribution in [-0.2, 0) is 9.53 Å². The topological polar surface area (TPSA) is 29.5 Å². The van der Waals surface area contributed by atoms with Gasteiger partial charge in [-0.2, -0.15) is 0 Å². The lowest BCUT2D eigenvalue weighted by atomic mass is 10.1. The molecule has 0 spiro atoms. The van der Waals surface area contributed by atoms with E-state index in [2.05, 4.69) is 4.90 Å². The van der Waals surface area contributed by atoms with Crippen molar-refractivity contribution in [2.75, 3.05) is 26.7 Å². The molecule has 1 aliphatic rings.